The topological polar surface area (TPSA) is 9.72 Å². The second-order valence-corrected chi connectivity index (χ2v) is 6.36. The molecule has 0 saturated heterocycles. The quantitative estimate of drug-likeness (QED) is 0.628. The molecule has 0 aromatic heterocycles. The van der Waals surface area contributed by atoms with Gasteiger partial charge in [0.2, 0.25) is 0 Å². The average Bonchev–Trinajstić information content (AvgIpc) is 2.20. The molecule has 18 heavy (non-hydrogen) atoms. The molecule has 0 aliphatic carbocycles. The lowest BCUT2D eigenvalue weighted by Crippen LogP contribution is -2.45. The van der Waals surface area contributed by atoms with Gasteiger partial charge in [0.05, 0.1) is 0 Å². The molecule has 0 aliphatic rings. The summed E-state index contributed by atoms with van der Waals surface area (Å²) in [5, 5.41) is 0. The average molecular weight is 257 g/mol. The molecule has 0 bridgehead atoms. The summed E-state index contributed by atoms with van der Waals surface area (Å²) in [5.41, 5.74) is 0. The van der Waals surface area contributed by atoms with Crippen molar-refractivity contribution >= 4 is 0 Å². The molecule has 0 unspecified atom stereocenters. The second kappa shape index (κ2) is 8.89. The van der Waals surface area contributed by atoms with E-state index in [4.69, 9.17) is 0 Å². The van der Waals surface area contributed by atoms with Crippen LogP contribution in [0, 0.1) is 0 Å². The van der Waals surface area contributed by atoms with E-state index in [0.717, 1.165) is 13.1 Å². The highest BCUT2D eigenvalue weighted by Gasteiger charge is 2.16. The Morgan fingerprint density at radius 2 is 1.06 bits per heavy atom. The molecule has 0 rings (SSSR count). The molecular formula is C15H35N3. The van der Waals surface area contributed by atoms with Crippen LogP contribution >= 0.6 is 0 Å². The fourth-order valence-corrected chi connectivity index (χ4v) is 2.31. The minimum atomic E-state index is 0.631. The molecule has 3 nitrogen and oxygen atoms in total. The van der Waals surface area contributed by atoms with Crippen molar-refractivity contribution in [1.82, 2.24) is 14.7 Å². The number of likely N-dealkylation sites (N-methyl/N-ethyl adjacent to an activating group) is 1. The van der Waals surface area contributed by atoms with E-state index in [0.29, 0.717) is 18.1 Å². The second-order valence-electron chi connectivity index (χ2n) is 6.36. The van der Waals surface area contributed by atoms with Crippen molar-refractivity contribution in [3.8, 4) is 0 Å². The Balaban J connectivity index is 4.24. The van der Waals surface area contributed by atoms with Gasteiger partial charge in [0.25, 0.3) is 0 Å². The minimum Gasteiger partial charge on any atom is -0.308 e. The summed E-state index contributed by atoms with van der Waals surface area (Å²) < 4.78 is 0. The van der Waals surface area contributed by atoms with Gasteiger partial charge in [-0.2, -0.15) is 0 Å². The van der Waals surface area contributed by atoms with E-state index in [9.17, 15) is 0 Å². The van der Waals surface area contributed by atoms with Gasteiger partial charge >= 0.3 is 0 Å². The third-order valence-corrected chi connectivity index (χ3v) is 3.54. The molecule has 0 aromatic rings. The largest absolute Gasteiger partial charge is 0.308 e. The van der Waals surface area contributed by atoms with Crippen molar-refractivity contribution in [1.29, 1.82) is 0 Å². The highest BCUT2D eigenvalue weighted by Crippen LogP contribution is 2.06. The third kappa shape index (κ3) is 7.34. The van der Waals surface area contributed by atoms with Crippen LogP contribution in [0.4, 0.5) is 0 Å². The number of hydrogen-bond acceptors (Lipinski definition) is 3. The normalized spacial score (nSPS) is 13.0. The molecule has 0 N–H and O–H groups in total. The van der Waals surface area contributed by atoms with Gasteiger partial charge in [-0.3, -0.25) is 9.80 Å². The van der Waals surface area contributed by atoms with Crippen molar-refractivity contribution in [2.45, 2.75) is 59.7 Å². The van der Waals surface area contributed by atoms with Crippen LogP contribution in [0.2, 0.25) is 0 Å². The first kappa shape index (κ1) is 17.9. The fourth-order valence-electron chi connectivity index (χ4n) is 2.31. The zero-order valence-electron chi connectivity index (χ0n) is 13.9. The van der Waals surface area contributed by atoms with Gasteiger partial charge in [0.1, 0.15) is 0 Å². The zero-order valence-corrected chi connectivity index (χ0v) is 13.9. The summed E-state index contributed by atoms with van der Waals surface area (Å²) >= 11 is 0. The van der Waals surface area contributed by atoms with Crippen LogP contribution in [0.15, 0.2) is 0 Å². The van der Waals surface area contributed by atoms with E-state index < -0.39 is 0 Å². The molecule has 0 atom stereocenters. The third-order valence-electron chi connectivity index (χ3n) is 3.54. The Morgan fingerprint density at radius 1 is 0.611 bits per heavy atom. The molecule has 0 aliphatic heterocycles. The Bertz CT molecular complexity index is 192. The van der Waals surface area contributed by atoms with E-state index in [2.05, 4.69) is 70.3 Å². The lowest BCUT2D eigenvalue weighted by Gasteiger charge is -2.35. The standard InChI is InChI=1S/C15H35N3/c1-13(2)17(10-9-16(7)8)11-12-18(14(3)4)15(5)6/h13-15H,9-12H2,1-8H3. The maximum Gasteiger partial charge on any atom is 0.0115 e. The van der Waals surface area contributed by atoms with E-state index in [1.54, 1.807) is 0 Å². The van der Waals surface area contributed by atoms with E-state index in [1.807, 2.05) is 0 Å². The van der Waals surface area contributed by atoms with Crippen molar-refractivity contribution in [2.24, 2.45) is 0 Å². The molecule has 0 spiro atoms. The minimum absolute atomic E-state index is 0.631. The van der Waals surface area contributed by atoms with Gasteiger partial charge in [-0.25, -0.2) is 0 Å². The van der Waals surface area contributed by atoms with Crippen LogP contribution in [0.25, 0.3) is 0 Å². The van der Waals surface area contributed by atoms with Crippen LogP contribution in [-0.4, -0.2) is 73.1 Å². The Kier molecular flexibility index (Phi) is 8.83. The highest BCUT2D eigenvalue weighted by atomic mass is 15.2. The SMILES string of the molecule is CC(C)N(CCN(C)C)CCN(C(C)C)C(C)C. The summed E-state index contributed by atoms with van der Waals surface area (Å²) in [6.45, 7) is 18.4. The first-order valence-electron chi connectivity index (χ1n) is 7.40. The van der Waals surface area contributed by atoms with Crippen molar-refractivity contribution in [3.05, 3.63) is 0 Å². The molecule has 0 amide bonds. The van der Waals surface area contributed by atoms with Crippen LogP contribution < -0.4 is 0 Å². The number of nitrogens with zero attached hydrogens (tertiary/aromatic N) is 3. The molecule has 0 aromatic carbocycles. The molecule has 0 fully saturated rings. The lowest BCUT2D eigenvalue weighted by atomic mass is 10.2. The van der Waals surface area contributed by atoms with E-state index in [1.165, 1.54) is 13.1 Å². The van der Waals surface area contributed by atoms with Crippen LogP contribution in [-0.2, 0) is 0 Å². The van der Waals surface area contributed by atoms with Gasteiger partial charge < -0.3 is 4.90 Å². The van der Waals surface area contributed by atoms with E-state index >= 15 is 0 Å². The summed E-state index contributed by atoms with van der Waals surface area (Å²) in [4.78, 5) is 7.42. The molecule has 0 heterocycles. The molecule has 0 radical (unpaired) electrons. The number of rotatable bonds is 9. The maximum absolute atomic E-state index is 2.58. The Hall–Kier alpha value is -0.120. The molecular weight excluding hydrogens is 222 g/mol. The van der Waals surface area contributed by atoms with Crippen LogP contribution in [0.3, 0.4) is 0 Å². The van der Waals surface area contributed by atoms with Gasteiger partial charge in [-0.15, -0.1) is 0 Å². The first-order chi connectivity index (χ1) is 8.25. The van der Waals surface area contributed by atoms with Crippen molar-refractivity contribution in [2.75, 3.05) is 40.3 Å². The predicted molar refractivity (Wildman–Crippen MR) is 82.2 cm³/mol. The Labute approximate surface area is 115 Å². The van der Waals surface area contributed by atoms with Crippen molar-refractivity contribution in [3.63, 3.8) is 0 Å². The van der Waals surface area contributed by atoms with Gasteiger partial charge in [0, 0.05) is 44.3 Å². The smallest absolute Gasteiger partial charge is 0.0115 e. The fraction of sp³-hybridized carbons (Fsp3) is 1.00. The van der Waals surface area contributed by atoms with Gasteiger partial charge in [-0.05, 0) is 55.6 Å². The van der Waals surface area contributed by atoms with Gasteiger partial charge in [0.15, 0.2) is 0 Å². The van der Waals surface area contributed by atoms with Crippen LogP contribution in [0.5, 0.6) is 0 Å². The van der Waals surface area contributed by atoms with Crippen molar-refractivity contribution < 1.29 is 0 Å². The molecule has 3 heteroatoms. The monoisotopic (exact) mass is 257 g/mol. The first-order valence-corrected chi connectivity index (χ1v) is 7.40. The zero-order chi connectivity index (χ0) is 14.3. The summed E-state index contributed by atoms with van der Waals surface area (Å²) in [6.07, 6.45) is 0. The number of hydrogen-bond donors (Lipinski definition) is 0. The summed E-state index contributed by atoms with van der Waals surface area (Å²) in [6, 6.07) is 1.90. The summed E-state index contributed by atoms with van der Waals surface area (Å²) in [7, 11) is 4.29. The van der Waals surface area contributed by atoms with E-state index in [-0.39, 0.29) is 0 Å². The highest BCUT2D eigenvalue weighted by molar-refractivity contribution is 4.72. The molecule has 110 valence electrons. The molecule has 0 saturated carbocycles. The summed E-state index contributed by atoms with van der Waals surface area (Å²) in [5.74, 6) is 0. The lowest BCUT2D eigenvalue weighted by molar-refractivity contribution is 0.124. The van der Waals surface area contributed by atoms with Crippen LogP contribution in [0.1, 0.15) is 41.5 Å². The predicted octanol–water partition coefficient (Wildman–Crippen LogP) is 2.38. The Morgan fingerprint density at radius 3 is 1.39 bits per heavy atom. The van der Waals surface area contributed by atoms with Gasteiger partial charge in [-0.1, -0.05) is 0 Å². The maximum atomic E-state index is 2.58.